The molecule has 0 amide bonds. The molecule has 1 heterocycles. The van der Waals surface area contributed by atoms with Gasteiger partial charge in [-0.2, -0.15) is 0 Å². The molecule has 88 valence electrons. The van der Waals surface area contributed by atoms with Gasteiger partial charge in [0.1, 0.15) is 5.82 Å². The van der Waals surface area contributed by atoms with Gasteiger partial charge in [0.2, 0.25) is 0 Å². The van der Waals surface area contributed by atoms with E-state index < -0.39 is 6.10 Å². The van der Waals surface area contributed by atoms with Crippen molar-refractivity contribution in [1.82, 2.24) is 5.32 Å². The predicted octanol–water partition coefficient (Wildman–Crippen LogP) is 1.44. The van der Waals surface area contributed by atoms with E-state index in [0.717, 1.165) is 19.5 Å². The molecule has 0 spiro atoms. The second kappa shape index (κ2) is 4.80. The molecule has 0 bridgehead atoms. The van der Waals surface area contributed by atoms with Crippen LogP contribution in [-0.4, -0.2) is 18.2 Å². The van der Waals surface area contributed by atoms with Crippen LogP contribution in [0.4, 0.5) is 10.1 Å². The van der Waals surface area contributed by atoms with Crippen LogP contribution in [0.3, 0.4) is 0 Å². The van der Waals surface area contributed by atoms with E-state index in [0.29, 0.717) is 23.6 Å². The van der Waals surface area contributed by atoms with Crippen molar-refractivity contribution < 1.29 is 9.50 Å². The third kappa shape index (κ3) is 2.51. The summed E-state index contributed by atoms with van der Waals surface area (Å²) < 4.78 is 13.0. The topological polar surface area (TPSA) is 58.3 Å². The Morgan fingerprint density at radius 2 is 2.38 bits per heavy atom. The number of aliphatic hydroxyl groups is 1. The number of anilines is 1. The first-order chi connectivity index (χ1) is 7.66. The molecule has 0 aliphatic carbocycles. The molecule has 1 aliphatic heterocycles. The second-order valence-corrected chi connectivity index (χ2v) is 4.38. The zero-order chi connectivity index (χ0) is 11.5. The fourth-order valence-corrected chi connectivity index (χ4v) is 2.19. The van der Waals surface area contributed by atoms with Gasteiger partial charge in [-0.1, -0.05) is 0 Å². The molecule has 2 unspecified atom stereocenters. The number of benzene rings is 1. The number of rotatable bonds is 3. The third-order valence-electron chi connectivity index (χ3n) is 3.13. The normalized spacial score (nSPS) is 22.2. The Morgan fingerprint density at radius 1 is 1.56 bits per heavy atom. The monoisotopic (exact) mass is 224 g/mol. The molecule has 4 heteroatoms. The van der Waals surface area contributed by atoms with Gasteiger partial charge in [-0.15, -0.1) is 0 Å². The van der Waals surface area contributed by atoms with E-state index in [4.69, 9.17) is 5.73 Å². The SMILES string of the molecule is Nc1ccc(F)cc1C(O)CC1CCNC1. The Morgan fingerprint density at radius 3 is 3.06 bits per heavy atom. The van der Waals surface area contributed by atoms with E-state index in [1.54, 1.807) is 0 Å². The summed E-state index contributed by atoms with van der Waals surface area (Å²) in [7, 11) is 0. The van der Waals surface area contributed by atoms with Crippen molar-refractivity contribution in [2.45, 2.75) is 18.9 Å². The van der Waals surface area contributed by atoms with E-state index in [2.05, 4.69) is 5.32 Å². The first-order valence-electron chi connectivity index (χ1n) is 5.60. The molecular weight excluding hydrogens is 207 g/mol. The summed E-state index contributed by atoms with van der Waals surface area (Å²) in [4.78, 5) is 0. The maximum Gasteiger partial charge on any atom is 0.123 e. The van der Waals surface area contributed by atoms with Gasteiger partial charge < -0.3 is 16.2 Å². The molecule has 2 rings (SSSR count). The first-order valence-corrected chi connectivity index (χ1v) is 5.60. The zero-order valence-electron chi connectivity index (χ0n) is 9.12. The lowest BCUT2D eigenvalue weighted by Gasteiger charge is -2.16. The number of nitrogens with two attached hydrogens (primary N) is 1. The lowest BCUT2D eigenvalue weighted by Crippen LogP contribution is -2.13. The smallest absolute Gasteiger partial charge is 0.123 e. The molecule has 1 aromatic rings. The molecule has 0 saturated carbocycles. The Labute approximate surface area is 94.5 Å². The van der Waals surface area contributed by atoms with Gasteiger partial charge in [-0.3, -0.25) is 0 Å². The maximum atomic E-state index is 13.0. The molecule has 1 saturated heterocycles. The highest BCUT2D eigenvalue weighted by atomic mass is 19.1. The minimum atomic E-state index is -0.666. The van der Waals surface area contributed by atoms with E-state index in [1.807, 2.05) is 0 Å². The minimum absolute atomic E-state index is 0.354. The lowest BCUT2D eigenvalue weighted by atomic mass is 9.95. The molecular formula is C12H17FN2O. The zero-order valence-corrected chi connectivity index (χ0v) is 9.12. The number of hydrogen-bond acceptors (Lipinski definition) is 3. The third-order valence-corrected chi connectivity index (χ3v) is 3.13. The Bertz CT molecular complexity index is 364. The van der Waals surface area contributed by atoms with Crippen molar-refractivity contribution in [3.63, 3.8) is 0 Å². The van der Waals surface area contributed by atoms with Gasteiger partial charge in [0.25, 0.3) is 0 Å². The number of hydrogen-bond donors (Lipinski definition) is 3. The summed E-state index contributed by atoms with van der Waals surface area (Å²) in [5.41, 5.74) is 6.69. The van der Waals surface area contributed by atoms with E-state index in [-0.39, 0.29) is 5.82 Å². The highest BCUT2D eigenvalue weighted by molar-refractivity contribution is 5.47. The molecule has 1 fully saturated rings. The van der Waals surface area contributed by atoms with Crippen LogP contribution in [0.1, 0.15) is 24.5 Å². The van der Waals surface area contributed by atoms with Crippen molar-refractivity contribution in [3.05, 3.63) is 29.6 Å². The molecule has 16 heavy (non-hydrogen) atoms. The average molecular weight is 224 g/mol. The van der Waals surface area contributed by atoms with E-state index in [9.17, 15) is 9.50 Å². The van der Waals surface area contributed by atoms with Crippen LogP contribution in [0.25, 0.3) is 0 Å². The van der Waals surface area contributed by atoms with Crippen LogP contribution in [0.15, 0.2) is 18.2 Å². The van der Waals surface area contributed by atoms with Gasteiger partial charge >= 0.3 is 0 Å². The van der Waals surface area contributed by atoms with Crippen LogP contribution in [0.5, 0.6) is 0 Å². The maximum absolute atomic E-state index is 13.0. The van der Waals surface area contributed by atoms with Gasteiger partial charge in [0, 0.05) is 11.3 Å². The largest absolute Gasteiger partial charge is 0.398 e. The van der Waals surface area contributed by atoms with Gasteiger partial charge in [0.05, 0.1) is 6.10 Å². The summed E-state index contributed by atoms with van der Waals surface area (Å²) >= 11 is 0. The standard InChI is InChI=1S/C12H17FN2O/c13-9-1-2-11(14)10(6-9)12(16)5-8-3-4-15-7-8/h1-2,6,8,12,15-16H,3-5,7,14H2. The molecule has 1 aliphatic rings. The second-order valence-electron chi connectivity index (χ2n) is 4.38. The van der Waals surface area contributed by atoms with Crippen molar-refractivity contribution in [2.24, 2.45) is 5.92 Å². The molecule has 1 aromatic carbocycles. The summed E-state index contributed by atoms with van der Waals surface area (Å²) in [6, 6.07) is 4.13. The van der Waals surface area contributed by atoms with Crippen molar-refractivity contribution in [1.29, 1.82) is 0 Å². The molecule has 3 nitrogen and oxygen atoms in total. The Hall–Kier alpha value is -1.13. The molecule has 4 N–H and O–H groups in total. The summed E-state index contributed by atoms with van der Waals surface area (Å²) in [6.07, 6.45) is 1.04. The molecule has 2 atom stereocenters. The van der Waals surface area contributed by atoms with Gasteiger partial charge in [0.15, 0.2) is 0 Å². The molecule has 0 radical (unpaired) electrons. The van der Waals surface area contributed by atoms with Crippen LogP contribution >= 0.6 is 0 Å². The van der Waals surface area contributed by atoms with Crippen molar-refractivity contribution in [3.8, 4) is 0 Å². The summed E-state index contributed by atoms with van der Waals surface area (Å²) in [5.74, 6) is 0.102. The predicted molar refractivity (Wildman–Crippen MR) is 61.4 cm³/mol. The van der Waals surface area contributed by atoms with Crippen molar-refractivity contribution in [2.75, 3.05) is 18.8 Å². The number of halogens is 1. The fraction of sp³-hybridized carbons (Fsp3) is 0.500. The fourth-order valence-electron chi connectivity index (χ4n) is 2.19. The average Bonchev–Trinajstić information content (AvgIpc) is 2.74. The molecule has 0 aromatic heterocycles. The highest BCUT2D eigenvalue weighted by Crippen LogP contribution is 2.28. The van der Waals surface area contributed by atoms with E-state index in [1.165, 1.54) is 18.2 Å². The van der Waals surface area contributed by atoms with Crippen LogP contribution < -0.4 is 11.1 Å². The quantitative estimate of drug-likeness (QED) is 0.681. The number of nitrogen functional groups attached to an aromatic ring is 1. The number of aliphatic hydroxyl groups excluding tert-OH is 1. The van der Waals surface area contributed by atoms with Gasteiger partial charge in [-0.05, 0) is 50.0 Å². The summed E-state index contributed by atoms with van der Waals surface area (Å²) in [6.45, 7) is 1.92. The van der Waals surface area contributed by atoms with Crippen molar-refractivity contribution >= 4 is 5.69 Å². The van der Waals surface area contributed by atoms with E-state index >= 15 is 0 Å². The van der Waals surface area contributed by atoms with Crippen LogP contribution in [-0.2, 0) is 0 Å². The highest BCUT2D eigenvalue weighted by Gasteiger charge is 2.20. The number of nitrogens with one attached hydrogen (secondary N) is 1. The first kappa shape index (κ1) is 11.4. The Balaban J connectivity index is 2.07. The van der Waals surface area contributed by atoms with Crippen LogP contribution in [0.2, 0.25) is 0 Å². The lowest BCUT2D eigenvalue weighted by molar-refractivity contribution is 0.148. The van der Waals surface area contributed by atoms with Gasteiger partial charge in [-0.25, -0.2) is 4.39 Å². The Kier molecular flexibility index (Phi) is 3.41. The summed E-state index contributed by atoms with van der Waals surface area (Å²) in [5, 5.41) is 13.3. The minimum Gasteiger partial charge on any atom is -0.398 e. The van der Waals surface area contributed by atoms with Crippen LogP contribution in [0, 0.1) is 11.7 Å².